The molecular weight excluding hydrogens is 549 g/mol. The maximum Gasteiger partial charge on any atom is 0.226 e. The van der Waals surface area contributed by atoms with Gasteiger partial charge in [0.25, 0.3) is 0 Å². The molecule has 1 aliphatic rings. The maximum atomic E-state index is 12.9. The van der Waals surface area contributed by atoms with Crippen LogP contribution in [0.5, 0.6) is 0 Å². The van der Waals surface area contributed by atoms with E-state index in [-0.39, 0.29) is 24.4 Å². The second-order valence-electron chi connectivity index (χ2n) is 9.72. The predicted molar refractivity (Wildman–Crippen MR) is 162 cm³/mol. The van der Waals surface area contributed by atoms with Gasteiger partial charge in [0.2, 0.25) is 5.91 Å². The highest BCUT2D eigenvalue weighted by Gasteiger charge is 2.41. The van der Waals surface area contributed by atoms with Crippen LogP contribution in [0.15, 0.2) is 72.9 Å². The van der Waals surface area contributed by atoms with E-state index in [1.807, 2.05) is 68.4 Å². The topological polar surface area (TPSA) is 62.2 Å². The van der Waals surface area contributed by atoms with Crippen molar-refractivity contribution in [1.82, 2.24) is 19.8 Å². The second-order valence-corrected chi connectivity index (χ2v) is 10.9. The molecule has 0 radical (unpaired) electrons. The van der Waals surface area contributed by atoms with Gasteiger partial charge >= 0.3 is 0 Å². The molecule has 1 amide bonds. The Kier molecular flexibility index (Phi) is 7.93. The molecule has 1 fully saturated rings. The first-order chi connectivity index (χ1) is 18.7. The number of benzene rings is 2. The van der Waals surface area contributed by atoms with Gasteiger partial charge in [-0.25, -0.2) is 0 Å². The molecule has 1 aliphatic heterocycles. The van der Waals surface area contributed by atoms with Crippen LogP contribution in [0.2, 0.25) is 10.0 Å². The Hall–Kier alpha value is -3.39. The van der Waals surface area contributed by atoms with E-state index < -0.39 is 0 Å². The highest BCUT2D eigenvalue weighted by molar-refractivity contribution is 7.80. The summed E-state index contributed by atoms with van der Waals surface area (Å²) < 4.78 is 2.11. The minimum Gasteiger partial charge on any atom is -0.352 e. The van der Waals surface area contributed by atoms with E-state index in [1.165, 1.54) is 0 Å². The van der Waals surface area contributed by atoms with Crippen molar-refractivity contribution >= 4 is 52.1 Å². The highest BCUT2D eigenvalue weighted by Crippen LogP contribution is 2.42. The lowest BCUT2D eigenvalue weighted by Crippen LogP contribution is -2.32. The first kappa shape index (κ1) is 27.2. The van der Waals surface area contributed by atoms with E-state index >= 15 is 0 Å². The molecule has 9 heteroatoms. The number of anilines is 1. The standard InChI is InChI=1S/C30H29Cl2N5OS/c1-18-8-6-9-21(16-18)34-26(38)13-15-36-29(28(35-30(36)39)24-11-4-5-14-33-24)22-17-19(2)37(20(22)3)25-12-7-10-23(31)27(25)32/h4-12,14,16-17,28-29H,13,15H2,1-3H3,(H,34,38)(H,35,39)/t28-,29-/m0/s1. The summed E-state index contributed by atoms with van der Waals surface area (Å²) >= 11 is 18.8. The van der Waals surface area contributed by atoms with Crippen LogP contribution in [0, 0.1) is 20.8 Å². The number of thiocarbonyl (C=S) groups is 1. The lowest BCUT2D eigenvalue weighted by molar-refractivity contribution is -0.116. The largest absolute Gasteiger partial charge is 0.352 e. The molecule has 2 atom stereocenters. The Bertz CT molecular complexity index is 1540. The van der Waals surface area contributed by atoms with Gasteiger partial charge in [-0.1, -0.05) is 47.5 Å². The molecule has 2 aromatic carbocycles. The quantitative estimate of drug-likeness (QED) is 0.229. The number of aryl methyl sites for hydroxylation is 2. The number of aromatic nitrogens is 2. The summed E-state index contributed by atoms with van der Waals surface area (Å²) in [7, 11) is 0. The number of pyridine rings is 1. The fourth-order valence-electron chi connectivity index (χ4n) is 5.28. The molecule has 6 nitrogen and oxygen atoms in total. The molecule has 200 valence electrons. The van der Waals surface area contributed by atoms with Crippen molar-refractivity contribution in [2.75, 3.05) is 11.9 Å². The van der Waals surface area contributed by atoms with Crippen molar-refractivity contribution in [2.24, 2.45) is 0 Å². The van der Waals surface area contributed by atoms with Gasteiger partial charge in [-0.15, -0.1) is 0 Å². The van der Waals surface area contributed by atoms with E-state index in [2.05, 4.69) is 38.1 Å². The van der Waals surface area contributed by atoms with E-state index in [4.69, 9.17) is 35.4 Å². The van der Waals surface area contributed by atoms with Crippen molar-refractivity contribution in [3.8, 4) is 5.69 Å². The summed E-state index contributed by atoms with van der Waals surface area (Å²) in [4.78, 5) is 19.6. The number of nitrogens with zero attached hydrogens (tertiary/aromatic N) is 3. The molecule has 1 saturated heterocycles. The zero-order valence-corrected chi connectivity index (χ0v) is 24.2. The van der Waals surface area contributed by atoms with E-state index in [0.717, 1.165) is 39.6 Å². The fraction of sp³-hybridized carbons (Fsp3) is 0.233. The second kappa shape index (κ2) is 11.4. The third kappa shape index (κ3) is 5.53. The number of rotatable bonds is 7. The lowest BCUT2D eigenvalue weighted by Gasteiger charge is -2.28. The van der Waals surface area contributed by atoms with Crippen LogP contribution in [0.25, 0.3) is 5.69 Å². The molecule has 5 rings (SSSR count). The smallest absolute Gasteiger partial charge is 0.226 e. The number of hydrogen-bond acceptors (Lipinski definition) is 3. The van der Waals surface area contributed by atoms with Crippen LogP contribution in [0.1, 0.15) is 46.7 Å². The normalized spacial score (nSPS) is 16.8. The molecule has 2 N–H and O–H groups in total. The maximum absolute atomic E-state index is 12.9. The Morgan fingerprint density at radius 3 is 2.59 bits per heavy atom. The van der Waals surface area contributed by atoms with Gasteiger partial charge in [0.1, 0.15) is 0 Å². The molecule has 4 aromatic rings. The molecule has 2 aromatic heterocycles. The van der Waals surface area contributed by atoms with Gasteiger partial charge in [0.05, 0.1) is 33.5 Å². The fourth-order valence-corrected chi connectivity index (χ4v) is 5.99. The Labute approximate surface area is 244 Å². The van der Waals surface area contributed by atoms with Crippen molar-refractivity contribution < 1.29 is 4.79 Å². The van der Waals surface area contributed by atoms with Crippen LogP contribution < -0.4 is 10.6 Å². The van der Waals surface area contributed by atoms with Crippen LogP contribution >= 0.6 is 35.4 Å². The van der Waals surface area contributed by atoms with Crippen molar-refractivity contribution in [3.05, 3.63) is 111 Å². The number of carbonyl (C=O) groups is 1. The monoisotopic (exact) mass is 577 g/mol. The average molecular weight is 579 g/mol. The van der Waals surface area contributed by atoms with Gasteiger partial charge in [0.15, 0.2) is 5.11 Å². The number of nitrogens with one attached hydrogen (secondary N) is 2. The zero-order valence-electron chi connectivity index (χ0n) is 21.9. The summed E-state index contributed by atoms with van der Waals surface area (Å²) in [5, 5.41) is 8.06. The SMILES string of the molecule is Cc1cccc(NC(=O)CCN2C(=S)N[C@@H](c3ccccn3)[C@@H]2c2cc(C)n(-c3cccc(Cl)c3Cl)c2C)c1. The zero-order chi connectivity index (χ0) is 27.7. The van der Waals surface area contributed by atoms with Crippen LogP contribution in [-0.4, -0.2) is 32.0 Å². The van der Waals surface area contributed by atoms with Gasteiger partial charge in [-0.3, -0.25) is 9.78 Å². The summed E-state index contributed by atoms with van der Waals surface area (Å²) in [5.41, 5.74) is 6.67. The summed E-state index contributed by atoms with van der Waals surface area (Å²) in [6.07, 6.45) is 2.06. The van der Waals surface area contributed by atoms with E-state index in [9.17, 15) is 4.79 Å². The molecule has 0 spiro atoms. The molecule has 0 bridgehead atoms. The Morgan fingerprint density at radius 2 is 1.85 bits per heavy atom. The van der Waals surface area contributed by atoms with Gasteiger partial charge in [0, 0.05) is 36.2 Å². The van der Waals surface area contributed by atoms with Gasteiger partial charge in [-0.2, -0.15) is 0 Å². The van der Waals surface area contributed by atoms with Crippen LogP contribution in [0.4, 0.5) is 5.69 Å². The van der Waals surface area contributed by atoms with Crippen molar-refractivity contribution in [1.29, 1.82) is 0 Å². The number of hydrogen-bond donors (Lipinski definition) is 2. The summed E-state index contributed by atoms with van der Waals surface area (Å²) in [6.45, 7) is 6.56. The van der Waals surface area contributed by atoms with Crippen molar-refractivity contribution in [2.45, 2.75) is 39.3 Å². The first-order valence-corrected chi connectivity index (χ1v) is 13.9. The van der Waals surface area contributed by atoms with E-state index in [1.54, 1.807) is 12.3 Å². The lowest BCUT2D eigenvalue weighted by atomic mass is 9.96. The minimum atomic E-state index is -0.192. The molecule has 0 unspecified atom stereocenters. The predicted octanol–water partition coefficient (Wildman–Crippen LogP) is 7.11. The third-order valence-corrected chi connectivity index (χ3v) is 8.20. The Morgan fingerprint density at radius 1 is 1.05 bits per heavy atom. The number of halogens is 2. The van der Waals surface area contributed by atoms with Gasteiger partial charge in [-0.05, 0) is 86.6 Å². The molecule has 0 saturated carbocycles. The highest BCUT2D eigenvalue weighted by atomic mass is 35.5. The van der Waals surface area contributed by atoms with Gasteiger partial charge < -0.3 is 20.1 Å². The van der Waals surface area contributed by atoms with E-state index in [0.29, 0.717) is 21.7 Å². The molecule has 0 aliphatic carbocycles. The first-order valence-electron chi connectivity index (χ1n) is 12.7. The van der Waals surface area contributed by atoms with Crippen LogP contribution in [-0.2, 0) is 4.79 Å². The third-order valence-electron chi connectivity index (χ3n) is 7.04. The minimum absolute atomic E-state index is 0.0698. The van der Waals surface area contributed by atoms with Crippen LogP contribution in [0.3, 0.4) is 0 Å². The number of carbonyl (C=O) groups excluding carboxylic acids is 1. The van der Waals surface area contributed by atoms with Crippen molar-refractivity contribution in [3.63, 3.8) is 0 Å². The molecular formula is C30H29Cl2N5OS. The molecule has 3 heterocycles. The Balaban J connectivity index is 1.49. The summed E-state index contributed by atoms with van der Waals surface area (Å²) in [5.74, 6) is -0.0698. The summed E-state index contributed by atoms with van der Waals surface area (Å²) in [6, 6.07) is 21.0. The molecule has 39 heavy (non-hydrogen) atoms. The number of amides is 1. The average Bonchev–Trinajstić information content (AvgIpc) is 3.39.